The lowest BCUT2D eigenvalue weighted by Crippen LogP contribution is -2.13. The van der Waals surface area contributed by atoms with Gasteiger partial charge in [-0.05, 0) is 47.2 Å². The topological polar surface area (TPSA) is 42.2 Å². The Bertz CT molecular complexity index is 414. The normalized spacial score (nSPS) is 25.5. The summed E-state index contributed by atoms with van der Waals surface area (Å²) in [6.45, 7) is 2.28. The van der Waals surface area contributed by atoms with E-state index in [4.69, 9.17) is 0 Å². The van der Waals surface area contributed by atoms with Gasteiger partial charge in [0.25, 0.3) is 0 Å². The molecule has 2 unspecified atom stereocenters. The largest absolute Gasteiger partial charge is 0.477 e. The molecule has 0 amide bonds. The lowest BCUT2D eigenvalue weighted by molar-refractivity contribution is 0.0682. The predicted molar refractivity (Wildman–Crippen MR) is 70.4 cm³/mol. The van der Waals surface area contributed by atoms with Crippen LogP contribution in [-0.2, 0) is 0 Å². The molecular formula is C13H18BrNO2. The molecule has 1 aromatic heterocycles. The van der Waals surface area contributed by atoms with Crippen molar-refractivity contribution in [3.05, 3.63) is 22.4 Å². The molecule has 0 bridgehead atoms. The number of hydrogen-bond donors (Lipinski definition) is 1. The van der Waals surface area contributed by atoms with Crippen molar-refractivity contribution >= 4 is 21.9 Å². The quantitative estimate of drug-likeness (QED) is 0.836. The molecule has 1 aliphatic rings. The van der Waals surface area contributed by atoms with Crippen molar-refractivity contribution < 1.29 is 9.90 Å². The fourth-order valence-corrected chi connectivity index (χ4v) is 3.10. The highest BCUT2D eigenvalue weighted by Gasteiger charge is 2.22. The van der Waals surface area contributed by atoms with Gasteiger partial charge in [-0.15, -0.1) is 0 Å². The Kier molecular flexibility index (Phi) is 3.92. The van der Waals surface area contributed by atoms with Crippen LogP contribution in [0.4, 0.5) is 0 Å². The van der Waals surface area contributed by atoms with Crippen LogP contribution in [-0.4, -0.2) is 15.6 Å². The Morgan fingerprint density at radius 2 is 2.18 bits per heavy atom. The van der Waals surface area contributed by atoms with E-state index in [1.165, 1.54) is 19.3 Å². The van der Waals surface area contributed by atoms with Crippen LogP contribution in [0, 0.1) is 5.92 Å². The number of carboxylic acids is 1. The fourth-order valence-electron chi connectivity index (χ4n) is 2.66. The average Bonchev–Trinajstić information content (AvgIpc) is 2.52. The fraction of sp³-hybridized carbons (Fsp3) is 0.615. The Morgan fingerprint density at radius 3 is 2.88 bits per heavy atom. The maximum Gasteiger partial charge on any atom is 0.352 e. The number of aromatic nitrogens is 1. The van der Waals surface area contributed by atoms with Crippen LogP contribution in [0.15, 0.2) is 16.7 Å². The molecule has 1 heterocycles. The molecule has 0 aliphatic heterocycles. The maximum atomic E-state index is 11.2. The smallest absolute Gasteiger partial charge is 0.352 e. The molecule has 1 aromatic rings. The first kappa shape index (κ1) is 12.7. The average molecular weight is 300 g/mol. The molecule has 2 atom stereocenters. The van der Waals surface area contributed by atoms with E-state index < -0.39 is 5.97 Å². The molecule has 1 fully saturated rings. The summed E-state index contributed by atoms with van der Waals surface area (Å²) in [4.78, 5) is 11.2. The molecule has 0 radical (unpaired) electrons. The zero-order chi connectivity index (χ0) is 12.4. The van der Waals surface area contributed by atoms with Gasteiger partial charge in [-0.1, -0.05) is 19.8 Å². The molecule has 0 aromatic carbocycles. The van der Waals surface area contributed by atoms with Gasteiger partial charge in [0, 0.05) is 16.7 Å². The van der Waals surface area contributed by atoms with Gasteiger partial charge < -0.3 is 9.67 Å². The lowest BCUT2D eigenvalue weighted by atomic mass is 10.0. The Hall–Kier alpha value is -0.770. The van der Waals surface area contributed by atoms with Gasteiger partial charge in [-0.25, -0.2) is 4.79 Å². The molecule has 0 saturated heterocycles. The van der Waals surface area contributed by atoms with E-state index in [0.29, 0.717) is 11.7 Å². The summed E-state index contributed by atoms with van der Waals surface area (Å²) in [5.41, 5.74) is 0.399. The van der Waals surface area contributed by atoms with E-state index in [1.807, 2.05) is 10.8 Å². The molecule has 1 N–H and O–H groups in total. The minimum absolute atomic E-state index is 0.345. The Morgan fingerprint density at radius 1 is 1.41 bits per heavy atom. The molecule has 94 valence electrons. The van der Waals surface area contributed by atoms with E-state index in [-0.39, 0.29) is 0 Å². The van der Waals surface area contributed by atoms with Crippen molar-refractivity contribution in [2.24, 2.45) is 5.92 Å². The third kappa shape index (κ3) is 2.92. The number of hydrogen-bond acceptors (Lipinski definition) is 1. The Balaban J connectivity index is 2.23. The molecule has 17 heavy (non-hydrogen) atoms. The molecule has 1 saturated carbocycles. The van der Waals surface area contributed by atoms with Crippen molar-refractivity contribution in [3.63, 3.8) is 0 Å². The minimum Gasteiger partial charge on any atom is -0.477 e. The highest BCUT2D eigenvalue weighted by molar-refractivity contribution is 9.10. The summed E-state index contributed by atoms with van der Waals surface area (Å²) < 4.78 is 2.79. The van der Waals surface area contributed by atoms with E-state index in [1.54, 1.807) is 6.07 Å². The molecular weight excluding hydrogens is 282 g/mol. The van der Waals surface area contributed by atoms with Gasteiger partial charge >= 0.3 is 5.97 Å². The van der Waals surface area contributed by atoms with Crippen molar-refractivity contribution in [2.75, 3.05) is 0 Å². The monoisotopic (exact) mass is 299 g/mol. The Labute approximate surface area is 110 Å². The summed E-state index contributed by atoms with van der Waals surface area (Å²) >= 11 is 3.37. The highest BCUT2D eigenvalue weighted by atomic mass is 79.9. The zero-order valence-corrected chi connectivity index (χ0v) is 11.6. The van der Waals surface area contributed by atoms with Crippen LogP contribution in [0.2, 0.25) is 0 Å². The van der Waals surface area contributed by atoms with E-state index >= 15 is 0 Å². The number of halogens is 1. The second-order valence-electron chi connectivity index (χ2n) is 5.02. The van der Waals surface area contributed by atoms with Gasteiger partial charge in [0.1, 0.15) is 5.69 Å². The van der Waals surface area contributed by atoms with Gasteiger partial charge in [0.05, 0.1) is 0 Å². The van der Waals surface area contributed by atoms with Crippen LogP contribution in [0.25, 0.3) is 0 Å². The maximum absolute atomic E-state index is 11.2. The van der Waals surface area contributed by atoms with Crippen LogP contribution in [0.5, 0.6) is 0 Å². The predicted octanol–water partition coefficient (Wildman–Crippen LogP) is 4.09. The first-order valence-electron chi connectivity index (χ1n) is 6.18. The van der Waals surface area contributed by atoms with Crippen molar-refractivity contribution in [1.29, 1.82) is 0 Å². The lowest BCUT2D eigenvalue weighted by Gasteiger charge is -2.18. The summed E-state index contributed by atoms with van der Waals surface area (Å²) in [5.74, 6) is -0.0692. The number of carboxylic acid groups (broad SMARTS) is 1. The summed E-state index contributed by atoms with van der Waals surface area (Å²) in [7, 11) is 0. The molecule has 0 spiro atoms. The molecule has 1 aliphatic carbocycles. The summed E-state index contributed by atoms with van der Waals surface area (Å²) in [6, 6.07) is 2.04. The third-order valence-corrected chi connectivity index (χ3v) is 4.09. The van der Waals surface area contributed by atoms with Crippen molar-refractivity contribution in [1.82, 2.24) is 4.57 Å². The second kappa shape index (κ2) is 5.25. The van der Waals surface area contributed by atoms with E-state index in [0.717, 1.165) is 23.2 Å². The van der Waals surface area contributed by atoms with Crippen LogP contribution in [0.3, 0.4) is 0 Å². The van der Waals surface area contributed by atoms with Crippen LogP contribution in [0.1, 0.15) is 55.6 Å². The first-order valence-corrected chi connectivity index (χ1v) is 6.98. The molecule has 3 nitrogen and oxygen atoms in total. The van der Waals surface area contributed by atoms with Crippen LogP contribution >= 0.6 is 15.9 Å². The molecule has 4 heteroatoms. The standard InChI is InChI=1S/C13H18BrNO2/c1-9-3-2-4-11(6-5-9)15-8-10(14)7-12(15)13(16)17/h7-9,11H,2-6H2,1H3,(H,16,17). The summed E-state index contributed by atoms with van der Waals surface area (Å²) in [6.07, 6.45) is 7.74. The summed E-state index contributed by atoms with van der Waals surface area (Å²) in [5, 5.41) is 9.19. The second-order valence-corrected chi connectivity index (χ2v) is 5.94. The van der Waals surface area contributed by atoms with Gasteiger partial charge in [0.2, 0.25) is 0 Å². The number of carbonyl (C=O) groups is 1. The van der Waals surface area contributed by atoms with Crippen molar-refractivity contribution in [2.45, 2.75) is 45.1 Å². The molecule has 2 rings (SSSR count). The zero-order valence-electron chi connectivity index (χ0n) is 10.0. The van der Waals surface area contributed by atoms with Crippen LogP contribution < -0.4 is 0 Å². The van der Waals surface area contributed by atoms with E-state index in [9.17, 15) is 9.90 Å². The minimum atomic E-state index is -0.840. The number of nitrogens with zero attached hydrogens (tertiary/aromatic N) is 1. The SMILES string of the molecule is CC1CCCC(n2cc(Br)cc2C(=O)O)CC1. The first-order chi connectivity index (χ1) is 8.08. The number of aromatic carboxylic acids is 1. The van der Waals surface area contributed by atoms with Crippen molar-refractivity contribution in [3.8, 4) is 0 Å². The third-order valence-electron chi connectivity index (χ3n) is 3.65. The van der Waals surface area contributed by atoms with Gasteiger partial charge in [-0.3, -0.25) is 0 Å². The van der Waals surface area contributed by atoms with Gasteiger partial charge in [0.15, 0.2) is 0 Å². The number of rotatable bonds is 2. The van der Waals surface area contributed by atoms with Gasteiger partial charge in [-0.2, -0.15) is 0 Å². The van der Waals surface area contributed by atoms with E-state index in [2.05, 4.69) is 22.9 Å². The highest BCUT2D eigenvalue weighted by Crippen LogP contribution is 2.32.